The Balaban J connectivity index is 2.35. The van der Waals surface area contributed by atoms with Gasteiger partial charge in [0.2, 0.25) is 0 Å². The largest absolute Gasteiger partial charge is 0.274 e. The zero-order valence-electron chi connectivity index (χ0n) is 10.4. The number of hydrogen-bond donors (Lipinski definition) is 0. The highest BCUT2D eigenvalue weighted by Crippen LogP contribution is 2.32. The van der Waals surface area contributed by atoms with Crippen molar-refractivity contribution in [2.75, 3.05) is 6.54 Å². The number of nitrogens with zero attached hydrogens (tertiary/aromatic N) is 1. The first kappa shape index (κ1) is 12.4. The topological polar surface area (TPSA) is 37.4 Å². The fourth-order valence-electron chi connectivity index (χ4n) is 2.55. The average Bonchev–Trinajstić information content (AvgIpc) is 2.40. The summed E-state index contributed by atoms with van der Waals surface area (Å²) in [4.78, 5) is 26.2. The van der Waals surface area contributed by atoms with Crippen molar-refractivity contribution in [2.24, 2.45) is 0 Å². The van der Waals surface area contributed by atoms with E-state index in [1.54, 1.807) is 12.1 Å². The summed E-state index contributed by atoms with van der Waals surface area (Å²) in [6.45, 7) is 2.41. The summed E-state index contributed by atoms with van der Waals surface area (Å²) in [5.74, 6) is -0.385. The van der Waals surface area contributed by atoms with Crippen LogP contribution in [0, 0.1) is 0 Å². The van der Waals surface area contributed by atoms with Gasteiger partial charge in [0.05, 0.1) is 0 Å². The Labute approximate surface area is 119 Å². The maximum Gasteiger partial charge on any atom is 0.261 e. The van der Waals surface area contributed by atoms with Gasteiger partial charge in [-0.05, 0) is 30.0 Å². The van der Waals surface area contributed by atoms with Crippen LogP contribution in [0.4, 0.5) is 0 Å². The molecule has 19 heavy (non-hydrogen) atoms. The van der Waals surface area contributed by atoms with E-state index in [9.17, 15) is 9.59 Å². The highest BCUT2D eigenvalue weighted by molar-refractivity contribution is 9.10. The maximum atomic E-state index is 12.4. The Morgan fingerprint density at radius 3 is 2.58 bits per heavy atom. The summed E-state index contributed by atoms with van der Waals surface area (Å²) < 4.78 is 0.853. The van der Waals surface area contributed by atoms with Gasteiger partial charge >= 0.3 is 0 Å². The minimum absolute atomic E-state index is 0.188. The van der Waals surface area contributed by atoms with Gasteiger partial charge in [0.25, 0.3) is 11.8 Å². The summed E-state index contributed by atoms with van der Waals surface area (Å²) in [6, 6.07) is 9.29. The van der Waals surface area contributed by atoms with Crippen LogP contribution in [-0.2, 0) is 0 Å². The Kier molecular flexibility index (Phi) is 2.90. The molecule has 0 aliphatic carbocycles. The second-order valence-electron chi connectivity index (χ2n) is 4.62. The molecule has 3 nitrogen and oxygen atoms in total. The summed E-state index contributed by atoms with van der Waals surface area (Å²) in [5.41, 5.74) is 1.22. The average molecular weight is 318 g/mol. The zero-order chi connectivity index (χ0) is 13.6. The van der Waals surface area contributed by atoms with Crippen molar-refractivity contribution in [3.8, 4) is 0 Å². The second-order valence-corrected chi connectivity index (χ2v) is 5.53. The van der Waals surface area contributed by atoms with Crippen molar-refractivity contribution >= 4 is 38.5 Å². The van der Waals surface area contributed by atoms with Crippen LogP contribution in [0.2, 0.25) is 0 Å². The van der Waals surface area contributed by atoms with Crippen LogP contribution in [0.1, 0.15) is 34.1 Å². The van der Waals surface area contributed by atoms with E-state index >= 15 is 0 Å². The van der Waals surface area contributed by atoms with Crippen LogP contribution in [-0.4, -0.2) is 23.3 Å². The number of halogens is 1. The predicted octanol–water partition coefficient (Wildman–Crippen LogP) is 3.61. The third-order valence-electron chi connectivity index (χ3n) is 3.34. The van der Waals surface area contributed by atoms with Crippen LogP contribution in [0.15, 0.2) is 34.8 Å². The quantitative estimate of drug-likeness (QED) is 0.793. The minimum atomic E-state index is -0.197. The Morgan fingerprint density at radius 2 is 1.84 bits per heavy atom. The molecule has 96 valence electrons. The third-order valence-corrected chi connectivity index (χ3v) is 3.80. The highest BCUT2D eigenvalue weighted by Gasteiger charge is 2.32. The first-order valence-corrected chi connectivity index (χ1v) is 7.01. The molecule has 0 spiro atoms. The summed E-state index contributed by atoms with van der Waals surface area (Å²) in [6.07, 6.45) is 0.761. The molecule has 3 rings (SSSR count). The lowest BCUT2D eigenvalue weighted by atomic mass is 9.94. The molecule has 1 heterocycles. The van der Waals surface area contributed by atoms with Gasteiger partial charge < -0.3 is 0 Å². The Bertz CT molecular complexity index is 709. The number of carbonyl (C=O) groups excluding carboxylic acids is 2. The first-order valence-electron chi connectivity index (χ1n) is 6.22. The number of hydrogen-bond acceptors (Lipinski definition) is 2. The van der Waals surface area contributed by atoms with E-state index in [0.717, 1.165) is 21.7 Å². The van der Waals surface area contributed by atoms with E-state index in [4.69, 9.17) is 0 Å². The van der Waals surface area contributed by atoms with Crippen LogP contribution < -0.4 is 0 Å². The molecule has 2 aromatic rings. The van der Waals surface area contributed by atoms with Crippen molar-refractivity contribution < 1.29 is 9.59 Å². The lowest BCUT2D eigenvalue weighted by Crippen LogP contribution is -2.40. The second kappa shape index (κ2) is 4.46. The molecule has 0 aromatic heterocycles. The van der Waals surface area contributed by atoms with Crippen molar-refractivity contribution in [3.63, 3.8) is 0 Å². The zero-order valence-corrected chi connectivity index (χ0v) is 12.0. The Morgan fingerprint density at radius 1 is 1.11 bits per heavy atom. The van der Waals surface area contributed by atoms with Crippen LogP contribution in [0.25, 0.3) is 10.8 Å². The molecule has 0 saturated carbocycles. The summed E-state index contributed by atoms with van der Waals surface area (Å²) in [5, 5.41) is 1.69. The molecule has 0 unspecified atom stereocenters. The number of amides is 2. The van der Waals surface area contributed by atoms with E-state index in [2.05, 4.69) is 15.9 Å². The molecule has 4 heteroatoms. The van der Waals surface area contributed by atoms with Gasteiger partial charge in [-0.2, -0.15) is 0 Å². The van der Waals surface area contributed by atoms with Crippen molar-refractivity contribution in [1.82, 2.24) is 4.90 Å². The third kappa shape index (κ3) is 1.78. The number of rotatable bonds is 2. The van der Waals surface area contributed by atoms with Gasteiger partial charge in [0.15, 0.2) is 0 Å². The lowest BCUT2D eigenvalue weighted by Gasteiger charge is -2.27. The molecule has 0 atom stereocenters. The number of imide groups is 1. The van der Waals surface area contributed by atoms with Crippen LogP contribution >= 0.6 is 15.9 Å². The van der Waals surface area contributed by atoms with Crippen molar-refractivity contribution in [2.45, 2.75) is 13.3 Å². The molecule has 1 aliphatic rings. The van der Waals surface area contributed by atoms with E-state index in [1.807, 2.05) is 25.1 Å². The van der Waals surface area contributed by atoms with Gasteiger partial charge in [-0.25, -0.2) is 0 Å². The Hall–Kier alpha value is -1.68. The smallest absolute Gasteiger partial charge is 0.261 e. The normalized spacial score (nSPS) is 14.3. The molecule has 0 N–H and O–H groups in total. The predicted molar refractivity (Wildman–Crippen MR) is 77.3 cm³/mol. The molecular formula is C15H12BrNO2. The van der Waals surface area contributed by atoms with E-state index in [1.165, 1.54) is 4.90 Å². The number of carbonyl (C=O) groups is 2. The summed E-state index contributed by atoms with van der Waals surface area (Å²) >= 11 is 3.42. The van der Waals surface area contributed by atoms with Crippen molar-refractivity contribution in [1.29, 1.82) is 0 Å². The molecule has 2 aromatic carbocycles. The molecule has 0 bridgehead atoms. The molecule has 0 saturated heterocycles. The van der Waals surface area contributed by atoms with E-state index in [0.29, 0.717) is 17.7 Å². The van der Waals surface area contributed by atoms with Gasteiger partial charge in [-0.3, -0.25) is 14.5 Å². The molecule has 0 radical (unpaired) electrons. The SMILES string of the molecule is CCCN1C(=O)c2cccc3cc(Br)cc(c23)C1=O. The van der Waals surface area contributed by atoms with Crippen LogP contribution in [0.5, 0.6) is 0 Å². The van der Waals surface area contributed by atoms with Gasteiger partial charge in [-0.15, -0.1) is 0 Å². The molecule has 2 amide bonds. The fourth-order valence-corrected chi connectivity index (χ4v) is 3.02. The fraction of sp³-hybridized carbons (Fsp3) is 0.200. The molecule has 0 fully saturated rings. The van der Waals surface area contributed by atoms with Crippen LogP contribution in [0.3, 0.4) is 0 Å². The lowest BCUT2D eigenvalue weighted by molar-refractivity contribution is 0.0610. The van der Waals surface area contributed by atoms with Gasteiger partial charge in [0.1, 0.15) is 0 Å². The monoisotopic (exact) mass is 317 g/mol. The first-order chi connectivity index (χ1) is 9.13. The van der Waals surface area contributed by atoms with Crippen molar-refractivity contribution in [3.05, 3.63) is 45.9 Å². The molecular weight excluding hydrogens is 306 g/mol. The highest BCUT2D eigenvalue weighted by atomic mass is 79.9. The molecule has 1 aliphatic heterocycles. The van der Waals surface area contributed by atoms with Gasteiger partial charge in [-0.1, -0.05) is 35.0 Å². The van der Waals surface area contributed by atoms with E-state index < -0.39 is 0 Å². The minimum Gasteiger partial charge on any atom is -0.274 e. The summed E-state index contributed by atoms with van der Waals surface area (Å²) in [7, 11) is 0. The van der Waals surface area contributed by atoms with E-state index in [-0.39, 0.29) is 11.8 Å². The maximum absolute atomic E-state index is 12.4. The standard InChI is InChI=1S/C15H12BrNO2/c1-2-6-17-14(18)11-5-3-4-9-7-10(16)8-12(13(9)11)15(17)19/h3-5,7-8H,2,6H2,1H3. The number of benzene rings is 2. The van der Waals surface area contributed by atoms with Gasteiger partial charge in [0, 0.05) is 27.5 Å².